The van der Waals surface area contributed by atoms with E-state index in [9.17, 15) is 18.0 Å². The second-order valence-corrected chi connectivity index (χ2v) is 11.5. The van der Waals surface area contributed by atoms with E-state index in [2.05, 4.69) is 10.3 Å². The van der Waals surface area contributed by atoms with Crippen LogP contribution in [0.4, 0.5) is 5.13 Å². The third kappa shape index (κ3) is 5.16. The van der Waals surface area contributed by atoms with Crippen molar-refractivity contribution in [1.82, 2.24) is 9.29 Å². The Balaban J connectivity index is 1.45. The minimum Gasteiger partial charge on any atom is -0.462 e. The first kappa shape index (κ1) is 23.6. The van der Waals surface area contributed by atoms with Gasteiger partial charge in [0.1, 0.15) is 9.09 Å². The van der Waals surface area contributed by atoms with Gasteiger partial charge in [-0.15, -0.1) is 11.3 Å². The van der Waals surface area contributed by atoms with E-state index in [-0.39, 0.29) is 31.5 Å². The third-order valence-electron chi connectivity index (χ3n) is 5.28. The lowest BCUT2D eigenvalue weighted by Gasteiger charge is -2.29. The molecule has 33 heavy (non-hydrogen) atoms. The highest BCUT2D eigenvalue weighted by Crippen LogP contribution is 2.33. The zero-order chi connectivity index (χ0) is 23.4. The fraction of sp³-hybridized carbons (Fsp3) is 0.318. The highest BCUT2D eigenvalue weighted by atomic mass is 32.2. The molecule has 1 saturated heterocycles. The Morgan fingerprint density at radius 3 is 2.52 bits per heavy atom. The predicted molar refractivity (Wildman–Crippen MR) is 128 cm³/mol. The number of sulfonamides is 1. The average Bonchev–Trinajstić information content (AvgIpc) is 3.51. The fourth-order valence-electron chi connectivity index (χ4n) is 3.60. The van der Waals surface area contributed by atoms with Crippen LogP contribution in [0.1, 0.15) is 29.4 Å². The molecule has 0 aliphatic carbocycles. The van der Waals surface area contributed by atoms with E-state index in [0.717, 1.165) is 16.9 Å². The molecule has 4 rings (SSSR count). The second kappa shape index (κ2) is 10.1. The van der Waals surface area contributed by atoms with Crippen LogP contribution in [0, 0.1) is 5.92 Å². The molecule has 1 aliphatic heterocycles. The number of anilines is 1. The summed E-state index contributed by atoms with van der Waals surface area (Å²) in [5, 5.41) is 4.86. The standard InChI is InChI=1S/C22H23N3O5S3/c1-2-30-21(27)19-18(15-7-4-3-5-8-15)23-22(32-19)24-20(26)16-10-12-25(13-11-16)33(28,29)17-9-6-14-31-17/h3-9,14,16H,2,10-13H2,1H3,(H,23,24,26). The van der Waals surface area contributed by atoms with Crippen LogP contribution in [0.15, 0.2) is 52.1 Å². The Bertz CT molecular complexity index is 1220. The Hall–Kier alpha value is -2.60. The van der Waals surface area contributed by atoms with Gasteiger partial charge in [-0.2, -0.15) is 4.31 Å². The second-order valence-electron chi connectivity index (χ2n) is 7.38. The number of benzene rings is 1. The topological polar surface area (TPSA) is 106 Å². The van der Waals surface area contributed by atoms with Crippen molar-refractivity contribution in [1.29, 1.82) is 0 Å². The van der Waals surface area contributed by atoms with Gasteiger partial charge in [-0.25, -0.2) is 18.2 Å². The number of hydrogen-bond donors (Lipinski definition) is 1. The maximum atomic E-state index is 12.9. The first-order chi connectivity index (χ1) is 15.9. The number of rotatable bonds is 7. The van der Waals surface area contributed by atoms with Crippen LogP contribution in [0.5, 0.6) is 0 Å². The normalized spacial score (nSPS) is 15.3. The molecule has 0 atom stereocenters. The van der Waals surface area contributed by atoms with Crippen LogP contribution in [-0.4, -0.2) is 49.3 Å². The molecular formula is C22H23N3O5S3. The van der Waals surface area contributed by atoms with Gasteiger partial charge < -0.3 is 10.1 Å². The number of nitrogens with zero attached hydrogens (tertiary/aromatic N) is 2. The van der Waals surface area contributed by atoms with Crippen LogP contribution < -0.4 is 5.32 Å². The number of aromatic nitrogens is 1. The molecule has 11 heteroatoms. The molecule has 3 heterocycles. The monoisotopic (exact) mass is 505 g/mol. The van der Waals surface area contributed by atoms with E-state index in [1.807, 2.05) is 30.3 Å². The number of nitrogens with one attached hydrogen (secondary N) is 1. The molecule has 8 nitrogen and oxygen atoms in total. The van der Waals surface area contributed by atoms with Crippen molar-refractivity contribution in [3.8, 4) is 11.3 Å². The lowest BCUT2D eigenvalue weighted by molar-refractivity contribution is -0.120. The summed E-state index contributed by atoms with van der Waals surface area (Å²) < 4.78 is 32.3. The van der Waals surface area contributed by atoms with Gasteiger partial charge in [0.25, 0.3) is 10.0 Å². The van der Waals surface area contributed by atoms with Crippen LogP contribution >= 0.6 is 22.7 Å². The van der Waals surface area contributed by atoms with Crippen molar-refractivity contribution >= 4 is 49.7 Å². The van der Waals surface area contributed by atoms with Gasteiger partial charge in [-0.05, 0) is 31.2 Å². The summed E-state index contributed by atoms with van der Waals surface area (Å²) in [4.78, 5) is 30.1. The molecule has 2 aromatic heterocycles. The molecule has 0 radical (unpaired) electrons. The van der Waals surface area contributed by atoms with Crippen LogP contribution in [0.2, 0.25) is 0 Å². The molecular weight excluding hydrogens is 482 g/mol. The van der Waals surface area contributed by atoms with Gasteiger partial charge in [-0.1, -0.05) is 47.7 Å². The number of piperidine rings is 1. The maximum absolute atomic E-state index is 12.9. The highest BCUT2D eigenvalue weighted by Gasteiger charge is 2.33. The minimum atomic E-state index is -3.52. The number of thiophene rings is 1. The van der Waals surface area contributed by atoms with Gasteiger partial charge in [0.05, 0.1) is 12.3 Å². The van der Waals surface area contributed by atoms with Crippen LogP contribution in [0.3, 0.4) is 0 Å². The Morgan fingerprint density at radius 1 is 1.15 bits per heavy atom. The quantitative estimate of drug-likeness (QED) is 0.485. The van der Waals surface area contributed by atoms with E-state index in [1.165, 1.54) is 15.6 Å². The first-order valence-electron chi connectivity index (χ1n) is 10.5. The third-order valence-corrected chi connectivity index (χ3v) is 9.50. The molecule has 0 unspecified atom stereocenters. The zero-order valence-electron chi connectivity index (χ0n) is 17.9. The zero-order valence-corrected chi connectivity index (χ0v) is 20.3. The summed E-state index contributed by atoms with van der Waals surface area (Å²) >= 11 is 2.26. The molecule has 0 saturated carbocycles. The van der Waals surface area contributed by atoms with Crippen molar-refractivity contribution in [2.75, 3.05) is 25.0 Å². The molecule has 1 aliphatic rings. The van der Waals surface area contributed by atoms with Gasteiger partial charge >= 0.3 is 5.97 Å². The number of amides is 1. The Morgan fingerprint density at radius 2 is 1.88 bits per heavy atom. The van der Waals surface area contributed by atoms with Crippen molar-refractivity contribution in [3.63, 3.8) is 0 Å². The number of ether oxygens (including phenoxy) is 1. The number of esters is 1. The van der Waals surface area contributed by atoms with Crippen LogP contribution in [0.25, 0.3) is 11.3 Å². The van der Waals surface area contributed by atoms with Crippen LogP contribution in [-0.2, 0) is 19.6 Å². The summed E-state index contributed by atoms with van der Waals surface area (Å²) in [6, 6.07) is 12.5. The summed E-state index contributed by atoms with van der Waals surface area (Å²) in [5.41, 5.74) is 1.22. The maximum Gasteiger partial charge on any atom is 0.350 e. The first-order valence-corrected chi connectivity index (χ1v) is 13.6. The predicted octanol–water partition coefficient (Wildman–Crippen LogP) is 4.09. The fourth-order valence-corrected chi connectivity index (χ4v) is 7.10. The van der Waals surface area contributed by atoms with E-state index in [4.69, 9.17) is 4.74 Å². The van der Waals surface area contributed by atoms with Crippen molar-refractivity contribution in [3.05, 3.63) is 52.7 Å². The molecule has 3 aromatic rings. The minimum absolute atomic E-state index is 0.230. The Kier molecular flexibility index (Phi) is 7.23. The molecule has 0 spiro atoms. The molecule has 1 fully saturated rings. The van der Waals surface area contributed by atoms with Gasteiger partial charge in [0.15, 0.2) is 5.13 Å². The van der Waals surface area contributed by atoms with Crippen molar-refractivity contribution in [2.45, 2.75) is 24.0 Å². The molecule has 1 N–H and O–H groups in total. The summed E-state index contributed by atoms with van der Waals surface area (Å²) in [5.74, 6) is -1.05. The summed E-state index contributed by atoms with van der Waals surface area (Å²) in [6.07, 6.45) is 0.830. The van der Waals surface area contributed by atoms with E-state index < -0.39 is 16.0 Å². The van der Waals surface area contributed by atoms with Crippen molar-refractivity contribution in [2.24, 2.45) is 5.92 Å². The van der Waals surface area contributed by atoms with Gasteiger partial charge in [0.2, 0.25) is 5.91 Å². The lowest BCUT2D eigenvalue weighted by Crippen LogP contribution is -2.41. The average molecular weight is 506 g/mol. The lowest BCUT2D eigenvalue weighted by atomic mass is 9.97. The number of carbonyl (C=O) groups is 2. The summed E-state index contributed by atoms with van der Waals surface area (Å²) in [6.45, 7) is 2.52. The SMILES string of the molecule is CCOC(=O)c1sc(NC(=O)C2CCN(S(=O)(=O)c3cccs3)CC2)nc1-c1ccccc1. The molecule has 1 amide bonds. The summed E-state index contributed by atoms with van der Waals surface area (Å²) in [7, 11) is -3.52. The number of carbonyl (C=O) groups excluding carboxylic acids is 2. The molecule has 1 aromatic carbocycles. The van der Waals surface area contributed by atoms with Gasteiger partial charge in [-0.3, -0.25) is 4.79 Å². The largest absolute Gasteiger partial charge is 0.462 e. The highest BCUT2D eigenvalue weighted by molar-refractivity contribution is 7.91. The van der Waals surface area contributed by atoms with E-state index in [0.29, 0.717) is 32.8 Å². The Labute approximate surface area is 200 Å². The van der Waals surface area contributed by atoms with E-state index >= 15 is 0 Å². The van der Waals surface area contributed by atoms with Gasteiger partial charge in [0, 0.05) is 24.6 Å². The smallest absolute Gasteiger partial charge is 0.350 e. The molecule has 174 valence electrons. The number of hydrogen-bond acceptors (Lipinski definition) is 8. The molecule has 0 bridgehead atoms. The number of thiazole rings is 1. The van der Waals surface area contributed by atoms with E-state index in [1.54, 1.807) is 24.4 Å². The van der Waals surface area contributed by atoms with Crippen molar-refractivity contribution < 1.29 is 22.7 Å².